The Morgan fingerprint density at radius 2 is 1.54 bits per heavy atom. The zero-order valence-corrected chi connectivity index (χ0v) is 21.5. The van der Waals surface area contributed by atoms with Gasteiger partial charge in [-0.25, -0.2) is 0 Å². The molecule has 35 heavy (non-hydrogen) atoms. The van der Waals surface area contributed by atoms with Gasteiger partial charge in [-0.2, -0.15) is 0 Å². The molecule has 1 aliphatic carbocycles. The van der Waals surface area contributed by atoms with Crippen LogP contribution < -0.4 is 10.6 Å². The fraction of sp³-hybridized carbons (Fsp3) is 0.387. The molecule has 0 saturated heterocycles. The molecule has 0 heterocycles. The Morgan fingerprint density at radius 3 is 2.11 bits per heavy atom. The molecule has 4 atom stereocenters. The molecule has 2 N–H and O–H groups in total. The summed E-state index contributed by atoms with van der Waals surface area (Å²) in [5.74, 6) is 0.893. The van der Waals surface area contributed by atoms with Gasteiger partial charge in [-0.1, -0.05) is 87.0 Å². The lowest BCUT2D eigenvalue weighted by atomic mass is 9.98. The molecule has 1 amide bonds. The minimum Gasteiger partial charge on any atom is -0.326 e. The largest absolute Gasteiger partial charge is 0.326 e. The molecule has 0 unspecified atom stereocenters. The standard InChI is InChI=1S/C31H39N3O/c1-5-22(2)30(32)21-34(31(35)29-19-28(29)26-9-7-6-8-10-26)27-17-15-25(16-18-27)24-13-11-23(12-14-24)20-33(3)4/h6-18,22,28-30H,5,19-21,32H2,1-4H3/t22-,28-,29+,30+/m0/s1. The molecule has 0 radical (unpaired) electrons. The first-order chi connectivity index (χ1) is 16.9. The number of carbonyl (C=O) groups excluding carboxylic acids is 1. The average molecular weight is 470 g/mol. The normalized spacial score (nSPS) is 18.8. The summed E-state index contributed by atoms with van der Waals surface area (Å²) in [7, 11) is 4.16. The first-order valence-electron chi connectivity index (χ1n) is 12.8. The molecule has 0 spiro atoms. The van der Waals surface area contributed by atoms with Crippen molar-refractivity contribution in [2.24, 2.45) is 17.6 Å². The summed E-state index contributed by atoms with van der Waals surface area (Å²) in [6.07, 6.45) is 1.91. The van der Waals surface area contributed by atoms with E-state index < -0.39 is 0 Å². The first-order valence-corrected chi connectivity index (χ1v) is 12.8. The second kappa shape index (κ2) is 11.2. The van der Waals surface area contributed by atoms with Gasteiger partial charge in [-0.05, 0) is 66.7 Å². The zero-order chi connectivity index (χ0) is 24.9. The monoisotopic (exact) mass is 469 g/mol. The van der Waals surface area contributed by atoms with Crippen molar-refractivity contribution in [3.05, 3.63) is 90.0 Å². The van der Waals surface area contributed by atoms with Gasteiger partial charge in [0.1, 0.15) is 0 Å². The van der Waals surface area contributed by atoms with Gasteiger partial charge in [-0.15, -0.1) is 0 Å². The van der Waals surface area contributed by atoms with Gasteiger partial charge in [0.25, 0.3) is 0 Å². The summed E-state index contributed by atoms with van der Waals surface area (Å²) in [5, 5.41) is 0. The van der Waals surface area contributed by atoms with Crippen molar-refractivity contribution in [3.8, 4) is 11.1 Å². The predicted octanol–water partition coefficient (Wildman–Crippen LogP) is 5.93. The van der Waals surface area contributed by atoms with Crippen LogP contribution in [0.2, 0.25) is 0 Å². The van der Waals surface area contributed by atoms with E-state index in [0.717, 1.165) is 30.6 Å². The maximum atomic E-state index is 13.7. The van der Waals surface area contributed by atoms with E-state index in [1.165, 1.54) is 16.7 Å². The van der Waals surface area contributed by atoms with Crippen molar-refractivity contribution in [1.82, 2.24) is 4.90 Å². The molecule has 4 heteroatoms. The van der Waals surface area contributed by atoms with Gasteiger partial charge in [-0.3, -0.25) is 4.79 Å². The molecule has 184 valence electrons. The molecule has 1 fully saturated rings. The van der Waals surface area contributed by atoms with Crippen LogP contribution in [0.4, 0.5) is 5.69 Å². The second-order valence-corrected chi connectivity index (χ2v) is 10.3. The highest BCUT2D eigenvalue weighted by Crippen LogP contribution is 2.49. The van der Waals surface area contributed by atoms with E-state index in [4.69, 9.17) is 5.73 Å². The number of amides is 1. The van der Waals surface area contributed by atoms with Crippen LogP contribution in [0.3, 0.4) is 0 Å². The molecule has 0 bridgehead atoms. The van der Waals surface area contributed by atoms with Crippen molar-refractivity contribution in [3.63, 3.8) is 0 Å². The summed E-state index contributed by atoms with van der Waals surface area (Å²) in [5.41, 5.74) is 12.4. The fourth-order valence-electron chi connectivity index (χ4n) is 4.75. The lowest BCUT2D eigenvalue weighted by Gasteiger charge is -2.29. The van der Waals surface area contributed by atoms with Gasteiger partial charge >= 0.3 is 0 Å². The molecular formula is C31H39N3O. The van der Waals surface area contributed by atoms with Crippen molar-refractivity contribution < 1.29 is 4.79 Å². The number of hydrogen-bond donors (Lipinski definition) is 1. The molecule has 3 aromatic rings. The third-order valence-electron chi connectivity index (χ3n) is 7.33. The Bertz CT molecular complexity index is 1090. The van der Waals surface area contributed by atoms with Crippen molar-refractivity contribution >= 4 is 11.6 Å². The van der Waals surface area contributed by atoms with Crippen LogP contribution in [-0.2, 0) is 11.3 Å². The van der Waals surface area contributed by atoms with E-state index in [-0.39, 0.29) is 17.9 Å². The highest BCUT2D eigenvalue weighted by atomic mass is 16.2. The van der Waals surface area contributed by atoms with E-state index in [0.29, 0.717) is 18.4 Å². The summed E-state index contributed by atoms with van der Waals surface area (Å²) < 4.78 is 0. The first kappa shape index (κ1) is 25.2. The topological polar surface area (TPSA) is 49.6 Å². The van der Waals surface area contributed by atoms with Crippen molar-refractivity contribution in [2.75, 3.05) is 25.5 Å². The molecule has 0 aliphatic heterocycles. The highest BCUT2D eigenvalue weighted by Gasteiger charge is 2.46. The summed E-state index contributed by atoms with van der Waals surface area (Å²) in [6.45, 7) is 5.80. The minimum absolute atomic E-state index is 0.0328. The van der Waals surface area contributed by atoms with Crippen LogP contribution in [0.1, 0.15) is 43.7 Å². The van der Waals surface area contributed by atoms with Crippen LogP contribution in [-0.4, -0.2) is 37.5 Å². The Kier molecular flexibility index (Phi) is 8.04. The number of nitrogens with zero attached hydrogens (tertiary/aromatic N) is 2. The lowest BCUT2D eigenvalue weighted by Crippen LogP contribution is -2.45. The van der Waals surface area contributed by atoms with Gasteiger partial charge < -0.3 is 15.5 Å². The number of anilines is 1. The average Bonchev–Trinajstić information content (AvgIpc) is 3.68. The van der Waals surface area contributed by atoms with Gasteiger partial charge in [0.2, 0.25) is 5.91 Å². The van der Waals surface area contributed by atoms with Crippen LogP contribution in [0.15, 0.2) is 78.9 Å². The van der Waals surface area contributed by atoms with Gasteiger partial charge in [0, 0.05) is 30.7 Å². The quantitative estimate of drug-likeness (QED) is 0.401. The molecule has 1 saturated carbocycles. The Labute approximate surface area is 210 Å². The Hall–Kier alpha value is -2.95. The fourth-order valence-corrected chi connectivity index (χ4v) is 4.75. The summed E-state index contributed by atoms with van der Waals surface area (Å²) >= 11 is 0. The van der Waals surface area contributed by atoms with Crippen molar-refractivity contribution in [2.45, 2.75) is 45.2 Å². The molecule has 1 aliphatic rings. The highest BCUT2D eigenvalue weighted by molar-refractivity contribution is 5.97. The molecule has 4 nitrogen and oxygen atoms in total. The predicted molar refractivity (Wildman–Crippen MR) is 146 cm³/mol. The second-order valence-electron chi connectivity index (χ2n) is 10.3. The number of hydrogen-bond acceptors (Lipinski definition) is 3. The van der Waals surface area contributed by atoms with Crippen LogP contribution >= 0.6 is 0 Å². The number of benzene rings is 3. The van der Waals surface area contributed by atoms with E-state index in [2.05, 4.69) is 106 Å². The summed E-state index contributed by atoms with van der Waals surface area (Å²) in [6, 6.07) is 27.4. The maximum absolute atomic E-state index is 13.7. The zero-order valence-electron chi connectivity index (χ0n) is 21.5. The molecular weight excluding hydrogens is 430 g/mol. The number of carbonyl (C=O) groups is 1. The number of rotatable bonds is 10. The Morgan fingerprint density at radius 1 is 0.943 bits per heavy atom. The number of nitrogens with two attached hydrogens (primary N) is 1. The van der Waals surface area contributed by atoms with E-state index in [9.17, 15) is 4.79 Å². The third-order valence-corrected chi connectivity index (χ3v) is 7.33. The van der Waals surface area contributed by atoms with Crippen LogP contribution in [0.5, 0.6) is 0 Å². The Balaban J connectivity index is 1.53. The molecule has 0 aromatic heterocycles. The van der Waals surface area contributed by atoms with Crippen LogP contribution in [0.25, 0.3) is 11.1 Å². The van der Waals surface area contributed by atoms with Crippen molar-refractivity contribution in [1.29, 1.82) is 0 Å². The van der Waals surface area contributed by atoms with Gasteiger partial charge in [0.15, 0.2) is 0 Å². The third kappa shape index (κ3) is 6.19. The molecule has 4 rings (SSSR count). The molecule has 3 aromatic carbocycles. The van der Waals surface area contributed by atoms with E-state index >= 15 is 0 Å². The smallest absolute Gasteiger partial charge is 0.230 e. The maximum Gasteiger partial charge on any atom is 0.230 e. The lowest BCUT2D eigenvalue weighted by molar-refractivity contribution is -0.120. The van der Waals surface area contributed by atoms with Crippen LogP contribution in [0, 0.1) is 11.8 Å². The minimum atomic E-state index is -0.0539. The van der Waals surface area contributed by atoms with E-state index in [1.54, 1.807) is 0 Å². The SMILES string of the molecule is CC[C@H](C)[C@H](N)CN(C(=O)[C@@H]1C[C@H]1c1ccccc1)c1ccc(-c2ccc(CN(C)C)cc2)cc1. The summed E-state index contributed by atoms with van der Waals surface area (Å²) in [4.78, 5) is 17.8. The van der Waals surface area contributed by atoms with Gasteiger partial charge in [0.05, 0.1) is 0 Å². The van der Waals surface area contributed by atoms with E-state index in [1.807, 2.05) is 11.0 Å².